The van der Waals surface area contributed by atoms with Crippen LogP contribution in [0.4, 0.5) is 10.1 Å². The minimum absolute atomic E-state index is 0.0916. The van der Waals surface area contributed by atoms with Crippen LogP contribution in [0.2, 0.25) is 0 Å². The topological polar surface area (TPSA) is 49.9 Å². The highest BCUT2D eigenvalue weighted by atomic mass is 19.1. The molecule has 0 saturated carbocycles. The minimum atomic E-state index is -0.795. The van der Waals surface area contributed by atoms with Gasteiger partial charge in [-0.15, -0.1) is 0 Å². The van der Waals surface area contributed by atoms with Gasteiger partial charge in [0.25, 0.3) is 0 Å². The number of carbonyl (C=O) groups is 2. The van der Waals surface area contributed by atoms with Gasteiger partial charge in [-0.05, 0) is 36.2 Å². The van der Waals surface area contributed by atoms with E-state index in [1.54, 1.807) is 29.8 Å². The lowest BCUT2D eigenvalue weighted by atomic mass is 9.76. The summed E-state index contributed by atoms with van der Waals surface area (Å²) in [6.07, 6.45) is 3.45. The molecule has 3 heterocycles. The van der Waals surface area contributed by atoms with Crippen LogP contribution >= 0.6 is 0 Å². The third kappa shape index (κ3) is 2.78. The molecule has 1 spiro atoms. The fourth-order valence-electron chi connectivity index (χ4n) is 5.10. The first-order valence-electron chi connectivity index (χ1n) is 10.1. The van der Waals surface area contributed by atoms with Crippen molar-refractivity contribution in [2.75, 3.05) is 18.5 Å². The summed E-state index contributed by atoms with van der Waals surface area (Å²) < 4.78 is 19.8. The second-order valence-corrected chi connectivity index (χ2v) is 8.44. The van der Waals surface area contributed by atoms with Crippen molar-refractivity contribution >= 4 is 17.5 Å². The van der Waals surface area contributed by atoms with Crippen molar-refractivity contribution in [1.29, 1.82) is 0 Å². The molecule has 2 amide bonds. The van der Waals surface area contributed by atoms with Gasteiger partial charge in [0.05, 0.1) is 24.5 Å². The van der Waals surface area contributed by atoms with Gasteiger partial charge in [0.2, 0.25) is 11.8 Å². The number of halogens is 1. The summed E-state index contributed by atoms with van der Waals surface area (Å²) in [5.41, 5.74) is 1.58. The largest absolute Gasteiger partial charge is 0.360 e. The standard InChI is InChI=1S/C24H23FN2O3/c1-15-12-17(25)8-9-18(15)27-14-24-11-10-19(30-24)20(21(24)23(27)29)22(28)26(2)13-16-6-4-3-5-7-16/h3-12,19-21H,13-14H2,1-2H3/t19-,20?,21?,24-/m1/s1. The number of carbonyl (C=O) groups excluding carboxylic acids is 2. The Hall–Kier alpha value is -2.99. The highest BCUT2D eigenvalue weighted by Crippen LogP contribution is 2.53. The van der Waals surface area contributed by atoms with Gasteiger partial charge in [0.1, 0.15) is 11.4 Å². The quantitative estimate of drug-likeness (QED) is 0.734. The van der Waals surface area contributed by atoms with Crippen molar-refractivity contribution in [3.05, 3.63) is 77.6 Å². The lowest BCUT2D eigenvalue weighted by Crippen LogP contribution is -2.44. The molecule has 2 fully saturated rings. The number of hydrogen-bond acceptors (Lipinski definition) is 3. The van der Waals surface area contributed by atoms with E-state index in [2.05, 4.69) is 0 Å². The first-order chi connectivity index (χ1) is 14.4. The third-order valence-electron chi connectivity index (χ3n) is 6.47. The number of anilines is 1. The lowest BCUT2D eigenvalue weighted by Gasteiger charge is -2.28. The predicted octanol–water partition coefficient (Wildman–Crippen LogP) is 3.08. The normalized spacial score (nSPS) is 28.8. The summed E-state index contributed by atoms with van der Waals surface area (Å²) >= 11 is 0. The molecule has 4 atom stereocenters. The Morgan fingerprint density at radius 1 is 1.27 bits per heavy atom. The molecule has 2 aromatic carbocycles. The molecule has 3 aliphatic rings. The first-order valence-corrected chi connectivity index (χ1v) is 10.1. The van der Waals surface area contributed by atoms with E-state index in [1.165, 1.54) is 12.1 Å². The van der Waals surface area contributed by atoms with Crippen LogP contribution < -0.4 is 4.90 Å². The Balaban J connectivity index is 1.43. The Morgan fingerprint density at radius 2 is 2.03 bits per heavy atom. The summed E-state index contributed by atoms with van der Waals surface area (Å²) in [5.74, 6) is -1.69. The van der Waals surface area contributed by atoms with E-state index < -0.39 is 17.4 Å². The molecule has 2 unspecified atom stereocenters. The van der Waals surface area contributed by atoms with E-state index in [1.807, 2.05) is 42.5 Å². The molecule has 2 aromatic rings. The zero-order valence-corrected chi connectivity index (χ0v) is 16.9. The highest BCUT2D eigenvalue weighted by Gasteiger charge is 2.67. The molecule has 6 heteroatoms. The van der Waals surface area contributed by atoms with E-state index in [4.69, 9.17) is 4.74 Å². The molecule has 0 N–H and O–H groups in total. The van der Waals surface area contributed by atoms with E-state index >= 15 is 0 Å². The molecule has 30 heavy (non-hydrogen) atoms. The van der Waals surface area contributed by atoms with Crippen molar-refractivity contribution in [3.63, 3.8) is 0 Å². The number of rotatable bonds is 4. The van der Waals surface area contributed by atoms with Crippen molar-refractivity contribution in [2.45, 2.75) is 25.2 Å². The van der Waals surface area contributed by atoms with E-state index in [0.29, 0.717) is 24.3 Å². The SMILES string of the molecule is Cc1cc(F)ccc1N1C[C@@]23C=C[C@@H](O2)C(C(=O)N(C)Cc2ccccc2)C3C1=O. The van der Waals surface area contributed by atoms with Gasteiger partial charge in [0.15, 0.2) is 0 Å². The van der Waals surface area contributed by atoms with E-state index in [0.717, 1.165) is 5.56 Å². The van der Waals surface area contributed by atoms with Crippen molar-refractivity contribution < 1.29 is 18.7 Å². The van der Waals surface area contributed by atoms with Gasteiger partial charge in [-0.2, -0.15) is 0 Å². The Kier molecular flexibility index (Phi) is 4.29. The van der Waals surface area contributed by atoms with E-state index in [9.17, 15) is 14.0 Å². The van der Waals surface area contributed by atoms with Gasteiger partial charge in [-0.25, -0.2) is 4.39 Å². The maximum absolute atomic E-state index is 13.6. The van der Waals surface area contributed by atoms with Crippen molar-refractivity contribution in [1.82, 2.24) is 4.90 Å². The second kappa shape index (κ2) is 6.77. The summed E-state index contributed by atoms with van der Waals surface area (Å²) in [4.78, 5) is 30.1. The highest BCUT2D eigenvalue weighted by molar-refractivity contribution is 6.03. The van der Waals surface area contributed by atoms with Crippen LogP contribution in [0, 0.1) is 24.6 Å². The summed E-state index contributed by atoms with van der Waals surface area (Å²) in [5, 5.41) is 0. The predicted molar refractivity (Wildman–Crippen MR) is 110 cm³/mol. The zero-order valence-electron chi connectivity index (χ0n) is 16.9. The van der Waals surface area contributed by atoms with E-state index in [-0.39, 0.29) is 23.7 Å². The fraction of sp³-hybridized carbons (Fsp3) is 0.333. The van der Waals surface area contributed by atoms with Crippen LogP contribution in [0.25, 0.3) is 0 Å². The number of amides is 2. The smallest absolute Gasteiger partial charge is 0.234 e. The molecule has 3 aliphatic heterocycles. The van der Waals surface area contributed by atoms with Gasteiger partial charge in [0, 0.05) is 19.3 Å². The van der Waals surface area contributed by atoms with Crippen LogP contribution in [-0.4, -0.2) is 42.0 Å². The monoisotopic (exact) mass is 406 g/mol. The lowest BCUT2D eigenvalue weighted by molar-refractivity contribution is -0.139. The fourth-order valence-corrected chi connectivity index (χ4v) is 5.10. The number of benzene rings is 2. The first kappa shape index (κ1) is 19.0. The number of hydrogen-bond donors (Lipinski definition) is 0. The Morgan fingerprint density at radius 3 is 2.77 bits per heavy atom. The second-order valence-electron chi connectivity index (χ2n) is 8.44. The van der Waals surface area contributed by atoms with Gasteiger partial charge in [-0.3, -0.25) is 9.59 Å². The molecule has 0 aromatic heterocycles. The van der Waals surface area contributed by atoms with Crippen LogP contribution in [0.5, 0.6) is 0 Å². The number of fused-ring (bicyclic) bond motifs is 1. The van der Waals surface area contributed by atoms with Crippen LogP contribution in [0.1, 0.15) is 11.1 Å². The number of ether oxygens (including phenoxy) is 1. The summed E-state index contributed by atoms with van der Waals surface area (Å²) in [6, 6.07) is 14.2. The maximum Gasteiger partial charge on any atom is 0.234 e. The molecular formula is C24H23FN2O3. The van der Waals surface area contributed by atoms with Crippen molar-refractivity contribution in [3.8, 4) is 0 Å². The van der Waals surface area contributed by atoms with Crippen LogP contribution in [0.3, 0.4) is 0 Å². The zero-order chi connectivity index (χ0) is 21.0. The molecule has 2 bridgehead atoms. The maximum atomic E-state index is 13.6. The molecule has 5 nitrogen and oxygen atoms in total. The van der Waals surface area contributed by atoms with Crippen LogP contribution in [0.15, 0.2) is 60.7 Å². The minimum Gasteiger partial charge on any atom is -0.360 e. The molecular weight excluding hydrogens is 383 g/mol. The molecule has 5 rings (SSSR count). The Bertz CT molecular complexity index is 1050. The van der Waals surface area contributed by atoms with Crippen molar-refractivity contribution in [2.24, 2.45) is 11.8 Å². The average Bonchev–Trinajstić information content (AvgIpc) is 3.36. The molecule has 0 radical (unpaired) electrons. The number of nitrogens with zero attached hydrogens (tertiary/aromatic N) is 2. The number of aryl methyl sites for hydroxylation is 1. The average molecular weight is 406 g/mol. The molecule has 0 aliphatic carbocycles. The van der Waals surface area contributed by atoms with Gasteiger partial charge >= 0.3 is 0 Å². The molecule has 2 saturated heterocycles. The Labute approximate surface area is 174 Å². The third-order valence-corrected chi connectivity index (χ3v) is 6.47. The summed E-state index contributed by atoms with van der Waals surface area (Å²) in [7, 11) is 1.76. The molecule has 154 valence electrons. The van der Waals surface area contributed by atoms with Gasteiger partial charge < -0.3 is 14.5 Å². The van der Waals surface area contributed by atoms with Gasteiger partial charge in [-0.1, -0.05) is 42.5 Å². The summed E-state index contributed by atoms with van der Waals surface area (Å²) in [6.45, 7) is 2.59. The van der Waals surface area contributed by atoms with Crippen LogP contribution in [-0.2, 0) is 20.9 Å².